The lowest BCUT2D eigenvalue weighted by Crippen LogP contribution is -2.13. The van der Waals surface area contributed by atoms with Gasteiger partial charge in [0.25, 0.3) is 0 Å². The predicted molar refractivity (Wildman–Crippen MR) is 90.6 cm³/mol. The lowest BCUT2D eigenvalue weighted by atomic mass is 9.92. The van der Waals surface area contributed by atoms with Crippen LogP contribution >= 0.6 is 45.9 Å². The van der Waals surface area contributed by atoms with E-state index in [1.165, 1.54) is 0 Å². The van der Waals surface area contributed by atoms with Crippen molar-refractivity contribution in [1.82, 2.24) is 9.97 Å². The van der Waals surface area contributed by atoms with Crippen molar-refractivity contribution >= 4 is 56.7 Å². The molecule has 0 spiro atoms. The number of benzene rings is 1. The molecule has 0 aliphatic carbocycles. The normalized spacial score (nSPS) is 16.0. The minimum Gasteiger partial charge on any atom is -0.331 e. The Morgan fingerprint density at radius 3 is 2.59 bits per heavy atom. The molecule has 0 amide bonds. The summed E-state index contributed by atoms with van der Waals surface area (Å²) in [5.74, 6) is 0.299. The Morgan fingerprint density at radius 2 is 1.82 bits per heavy atom. The molecule has 1 unspecified atom stereocenters. The summed E-state index contributed by atoms with van der Waals surface area (Å²) in [6, 6.07) is 5.21. The van der Waals surface area contributed by atoms with Crippen LogP contribution in [-0.2, 0) is 0 Å². The molecule has 0 radical (unpaired) electrons. The maximum atomic E-state index is 11.7. The predicted octanol–water partition coefficient (Wildman–Crippen LogP) is 3.73. The van der Waals surface area contributed by atoms with Gasteiger partial charge in [-0.1, -0.05) is 51.9 Å². The topological polar surface area (TPSA) is 77.8 Å². The largest absolute Gasteiger partial charge is 0.331 e. The molecule has 0 saturated carbocycles. The summed E-state index contributed by atoms with van der Waals surface area (Å²) in [5.41, 5.74) is 1.50. The van der Waals surface area contributed by atoms with Crippen LogP contribution in [0.4, 0.5) is 10.8 Å². The van der Waals surface area contributed by atoms with E-state index < -0.39 is 0 Å². The Kier molecular flexibility index (Phi) is 3.19. The van der Waals surface area contributed by atoms with Gasteiger partial charge in [0.15, 0.2) is 0 Å². The second-order valence-corrected chi connectivity index (χ2v) is 7.58. The van der Waals surface area contributed by atoms with E-state index in [1.54, 1.807) is 12.1 Å². The third-order valence-corrected chi connectivity index (χ3v) is 5.74. The summed E-state index contributed by atoms with van der Waals surface area (Å²) in [5, 5.41) is 4.79. The molecule has 22 heavy (non-hydrogen) atoms. The van der Waals surface area contributed by atoms with Crippen molar-refractivity contribution in [3.63, 3.8) is 0 Å². The SMILES string of the molecule is O=c1[nH]c2c(s1)Nc1[nH]c(=O)sc1C2c1ccc(Cl)cc1Cl. The molecule has 5 nitrogen and oxygen atoms in total. The van der Waals surface area contributed by atoms with Crippen LogP contribution in [0.25, 0.3) is 0 Å². The number of aromatic nitrogens is 2. The number of fused-ring (bicyclic) bond motifs is 2. The van der Waals surface area contributed by atoms with Gasteiger partial charge in [0.05, 0.1) is 16.5 Å². The first kappa shape index (κ1) is 14.1. The average molecular weight is 372 g/mol. The minimum absolute atomic E-state index is 0.162. The zero-order valence-electron chi connectivity index (χ0n) is 10.7. The van der Waals surface area contributed by atoms with Gasteiger partial charge in [-0.25, -0.2) is 0 Å². The number of halogens is 2. The highest BCUT2D eigenvalue weighted by molar-refractivity contribution is 7.14. The van der Waals surface area contributed by atoms with Gasteiger partial charge in [0.2, 0.25) is 0 Å². The Hall–Kier alpha value is -1.54. The second kappa shape index (κ2) is 4.99. The summed E-state index contributed by atoms with van der Waals surface area (Å²) in [4.78, 5) is 29.5. The molecular weight excluding hydrogens is 365 g/mol. The molecule has 9 heteroatoms. The van der Waals surface area contributed by atoms with Crippen LogP contribution in [0.5, 0.6) is 0 Å². The van der Waals surface area contributed by atoms with Crippen molar-refractivity contribution < 1.29 is 0 Å². The number of H-pyrrole nitrogens is 2. The summed E-state index contributed by atoms with van der Waals surface area (Å²) >= 11 is 14.4. The molecule has 4 rings (SSSR count). The summed E-state index contributed by atoms with van der Waals surface area (Å²) in [7, 11) is 0. The lowest BCUT2D eigenvalue weighted by Gasteiger charge is -2.23. The number of nitrogens with one attached hydrogen (secondary N) is 3. The molecule has 1 aliphatic rings. The Morgan fingerprint density at radius 1 is 1.05 bits per heavy atom. The average Bonchev–Trinajstić information content (AvgIpc) is 2.97. The zero-order valence-corrected chi connectivity index (χ0v) is 13.8. The number of thiazole rings is 2. The van der Waals surface area contributed by atoms with Crippen LogP contribution in [0, 0.1) is 0 Å². The molecule has 1 aliphatic heterocycles. The molecule has 1 atom stereocenters. The number of hydrogen-bond donors (Lipinski definition) is 3. The third kappa shape index (κ3) is 2.13. The van der Waals surface area contributed by atoms with Crippen molar-refractivity contribution in [3.8, 4) is 0 Å². The smallest absolute Gasteiger partial charge is 0.306 e. The van der Waals surface area contributed by atoms with E-state index in [2.05, 4.69) is 15.3 Å². The van der Waals surface area contributed by atoms with Gasteiger partial charge < -0.3 is 10.3 Å². The number of anilines is 2. The van der Waals surface area contributed by atoms with Crippen molar-refractivity contribution in [2.24, 2.45) is 0 Å². The number of aromatic amines is 2. The van der Waals surface area contributed by atoms with Crippen LogP contribution < -0.4 is 15.1 Å². The van der Waals surface area contributed by atoms with Gasteiger partial charge in [0, 0.05) is 10.0 Å². The fraction of sp³-hybridized carbons (Fsp3) is 0.0769. The van der Waals surface area contributed by atoms with Crippen LogP contribution in [0.15, 0.2) is 27.8 Å². The lowest BCUT2D eigenvalue weighted by molar-refractivity contribution is 0.933. The number of hydrogen-bond acceptors (Lipinski definition) is 5. The van der Waals surface area contributed by atoms with E-state index >= 15 is 0 Å². The highest BCUT2D eigenvalue weighted by atomic mass is 35.5. The Balaban J connectivity index is 2.01. The third-order valence-electron chi connectivity index (χ3n) is 3.42. The fourth-order valence-electron chi connectivity index (χ4n) is 2.55. The monoisotopic (exact) mass is 371 g/mol. The minimum atomic E-state index is -0.307. The molecule has 1 aromatic carbocycles. The van der Waals surface area contributed by atoms with Gasteiger partial charge in [-0.05, 0) is 17.7 Å². The van der Waals surface area contributed by atoms with Gasteiger partial charge >= 0.3 is 9.75 Å². The van der Waals surface area contributed by atoms with Crippen LogP contribution in [-0.4, -0.2) is 9.97 Å². The molecule has 3 aromatic rings. The first-order valence-electron chi connectivity index (χ1n) is 6.21. The molecule has 112 valence electrons. The van der Waals surface area contributed by atoms with Crippen LogP contribution in [0.3, 0.4) is 0 Å². The quantitative estimate of drug-likeness (QED) is 0.477. The Bertz CT molecular complexity index is 947. The van der Waals surface area contributed by atoms with E-state index in [1.807, 2.05) is 6.07 Å². The molecule has 2 aromatic heterocycles. The molecule has 0 bridgehead atoms. The Labute approximate surface area is 141 Å². The second-order valence-electron chi connectivity index (χ2n) is 4.73. The highest BCUT2D eigenvalue weighted by Gasteiger charge is 2.33. The highest BCUT2D eigenvalue weighted by Crippen LogP contribution is 2.47. The zero-order chi connectivity index (χ0) is 15.4. The molecule has 3 N–H and O–H groups in total. The molecule has 0 fully saturated rings. The molecule has 3 heterocycles. The first-order valence-corrected chi connectivity index (χ1v) is 8.60. The van der Waals surface area contributed by atoms with Gasteiger partial charge in [-0.3, -0.25) is 14.6 Å². The molecular formula is C13H7Cl2N3O2S2. The first-order chi connectivity index (χ1) is 10.5. The fourth-order valence-corrected chi connectivity index (χ4v) is 4.76. The number of rotatable bonds is 1. The van der Waals surface area contributed by atoms with Crippen molar-refractivity contribution in [3.05, 3.63) is 63.7 Å². The standard InChI is InChI=1S/C13H7Cl2N3O2S2/c14-4-1-2-5(6(15)3-4)7-8-11(22-12(19)16-8)17-10-9(7)21-13(20)18-10/h1-3,7,17H,(H,16,19)(H,18,20). The van der Waals surface area contributed by atoms with Gasteiger partial charge in [-0.15, -0.1) is 0 Å². The van der Waals surface area contributed by atoms with E-state index in [0.717, 1.165) is 33.1 Å². The van der Waals surface area contributed by atoms with Crippen molar-refractivity contribution in [2.75, 3.05) is 5.32 Å². The summed E-state index contributed by atoms with van der Waals surface area (Å²) < 4.78 is 0. The summed E-state index contributed by atoms with van der Waals surface area (Å²) in [6.45, 7) is 0. The van der Waals surface area contributed by atoms with Gasteiger partial charge in [0.1, 0.15) is 10.8 Å². The van der Waals surface area contributed by atoms with Crippen LogP contribution in [0.2, 0.25) is 10.0 Å². The van der Waals surface area contributed by atoms with Crippen LogP contribution in [0.1, 0.15) is 22.1 Å². The van der Waals surface area contributed by atoms with Gasteiger partial charge in [-0.2, -0.15) is 0 Å². The van der Waals surface area contributed by atoms with Crippen molar-refractivity contribution in [2.45, 2.75) is 5.92 Å². The summed E-state index contributed by atoms with van der Waals surface area (Å²) in [6.07, 6.45) is 0. The maximum absolute atomic E-state index is 11.7. The van der Waals surface area contributed by atoms with E-state index in [9.17, 15) is 9.59 Å². The maximum Gasteiger partial charge on any atom is 0.306 e. The van der Waals surface area contributed by atoms with E-state index in [-0.39, 0.29) is 15.7 Å². The molecule has 0 saturated heterocycles. The van der Waals surface area contributed by atoms with E-state index in [4.69, 9.17) is 23.2 Å². The van der Waals surface area contributed by atoms with E-state index in [0.29, 0.717) is 26.6 Å². The van der Waals surface area contributed by atoms with Crippen molar-refractivity contribution in [1.29, 1.82) is 0 Å².